The van der Waals surface area contributed by atoms with Gasteiger partial charge in [-0.15, -0.1) is 0 Å². The maximum absolute atomic E-state index is 4.39. The van der Waals surface area contributed by atoms with Gasteiger partial charge in [-0.3, -0.25) is 0 Å². The Hall–Kier alpha value is -1.90. The quantitative estimate of drug-likeness (QED) is 0.889. The Morgan fingerprint density at radius 3 is 2.63 bits per heavy atom. The zero-order valence-corrected chi connectivity index (χ0v) is 11.3. The van der Waals surface area contributed by atoms with Crippen molar-refractivity contribution in [3.8, 4) is 0 Å². The predicted octanol–water partition coefficient (Wildman–Crippen LogP) is 3.22. The van der Waals surface area contributed by atoms with Crippen LogP contribution in [-0.2, 0) is 6.42 Å². The number of rotatable bonds is 5. The second-order valence-electron chi connectivity index (χ2n) is 5.54. The van der Waals surface area contributed by atoms with Crippen LogP contribution in [0.2, 0.25) is 0 Å². The van der Waals surface area contributed by atoms with Crippen LogP contribution in [-0.4, -0.2) is 16.5 Å². The maximum atomic E-state index is 4.39. The highest BCUT2D eigenvalue weighted by molar-refractivity contribution is 5.27. The molecule has 3 heteroatoms. The van der Waals surface area contributed by atoms with E-state index in [0.29, 0.717) is 5.41 Å². The van der Waals surface area contributed by atoms with Gasteiger partial charge >= 0.3 is 0 Å². The van der Waals surface area contributed by atoms with Crippen LogP contribution in [0.1, 0.15) is 24.1 Å². The van der Waals surface area contributed by atoms with Gasteiger partial charge in [0.2, 0.25) is 5.95 Å². The minimum Gasteiger partial charge on any atom is -0.354 e. The van der Waals surface area contributed by atoms with Crippen LogP contribution in [0.5, 0.6) is 0 Å². The van der Waals surface area contributed by atoms with Gasteiger partial charge in [-0.05, 0) is 43.2 Å². The van der Waals surface area contributed by atoms with E-state index in [2.05, 4.69) is 45.6 Å². The third-order valence-electron chi connectivity index (χ3n) is 3.80. The smallest absolute Gasteiger partial charge is 0.222 e. The molecule has 1 aromatic heterocycles. The molecule has 3 rings (SSSR count). The minimum atomic E-state index is 0.411. The zero-order chi connectivity index (χ0) is 13.1. The van der Waals surface area contributed by atoms with Crippen molar-refractivity contribution < 1.29 is 0 Å². The van der Waals surface area contributed by atoms with Crippen molar-refractivity contribution in [2.75, 3.05) is 11.9 Å². The topological polar surface area (TPSA) is 37.8 Å². The van der Waals surface area contributed by atoms with Gasteiger partial charge in [0.1, 0.15) is 0 Å². The Kier molecular flexibility index (Phi) is 3.20. The summed E-state index contributed by atoms with van der Waals surface area (Å²) in [6.07, 6.45) is 5.54. The van der Waals surface area contributed by atoms with E-state index in [0.717, 1.165) is 24.6 Å². The fraction of sp³-hybridized carbons (Fsp3) is 0.375. The molecule has 0 bridgehead atoms. The molecule has 19 heavy (non-hydrogen) atoms. The molecule has 0 radical (unpaired) electrons. The van der Waals surface area contributed by atoms with Crippen molar-refractivity contribution in [1.82, 2.24) is 9.97 Å². The van der Waals surface area contributed by atoms with Gasteiger partial charge in [0, 0.05) is 18.4 Å². The Bertz CT molecular complexity index is 547. The molecule has 1 saturated carbocycles. The van der Waals surface area contributed by atoms with Crippen LogP contribution in [0.15, 0.2) is 42.6 Å². The molecule has 3 nitrogen and oxygen atoms in total. The Labute approximate surface area is 114 Å². The Balaban J connectivity index is 1.60. The highest BCUT2D eigenvalue weighted by atomic mass is 15.1. The van der Waals surface area contributed by atoms with Crippen molar-refractivity contribution in [3.63, 3.8) is 0 Å². The largest absolute Gasteiger partial charge is 0.354 e. The summed E-state index contributed by atoms with van der Waals surface area (Å²) in [5.41, 5.74) is 2.84. The minimum absolute atomic E-state index is 0.411. The average Bonchev–Trinajstić information content (AvgIpc) is 3.18. The van der Waals surface area contributed by atoms with Crippen molar-refractivity contribution in [3.05, 3.63) is 53.9 Å². The predicted molar refractivity (Wildman–Crippen MR) is 77.1 cm³/mol. The van der Waals surface area contributed by atoms with Gasteiger partial charge in [-0.1, -0.05) is 30.3 Å². The average molecular weight is 253 g/mol. The van der Waals surface area contributed by atoms with E-state index >= 15 is 0 Å². The van der Waals surface area contributed by atoms with E-state index in [1.165, 1.54) is 18.4 Å². The molecule has 2 aromatic rings. The maximum Gasteiger partial charge on any atom is 0.222 e. The van der Waals surface area contributed by atoms with Crippen molar-refractivity contribution in [1.29, 1.82) is 0 Å². The first-order chi connectivity index (χ1) is 9.26. The summed E-state index contributed by atoms with van der Waals surface area (Å²) in [6, 6.07) is 12.6. The summed E-state index contributed by atoms with van der Waals surface area (Å²) in [6.45, 7) is 2.95. The highest BCUT2D eigenvalue weighted by Gasteiger charge is 2.42. The molecule has 0 atom stereocenters. The van der Waals surface area contributed by atoms with E-state index in [1.807, 2.05) is 13.0 Å². The molecule has 1 heterocycles. The van der Waals surface area contributed by atoms with E-state index in [4.69, 9.17) is 0 Å². The summed E-state index contributed by atoms with van der Waals surface area (Å²) in [7, 11) is 0. The normalized spacial score (nSPS) is 16.1. The van der Waals surface area contributed by atoms with E-state index in [-0.39, 0.29) is 0 Å². The number of anilines is 1. The monoisotopic (exact) mass is 253 g/mol. The molecular formula is C16H19N3. The molecule has 1 aromatic carbocycles. The molecule has 0 amide bonds. The van der Waals surface area contributed by atoms with Crippen LogP contribution in [0.3, 0.4) is 0 Å². The summed E-state index contributed by atoms with van der Waals surface area (Å²) in [5.74, 6) is 0.749. The van der Waals surface area contributed by atoms with Crippen LogP contribution >= 0.6 is 0 Å². The van der Waals surface area contributed by atoms with Crippen LogP contribution < -0.4 is 5.32 Å². The van der Waals surface area contributed by atoms with Crippen molar-refractivity contribution in [2.45, 2.75) is 26.2 Å². The second kappa shape index (κ2) is 5.00. The van der Waals surface area contributed by atoms with Crippen LogP contribution in [0, 0.1) is 12.3 Å². The molecule has 1 aliphatic rings. The van der Waals surface area contributed by atoms with Gasteiger partial charge < -0.3 is 5.32 Å². The molecule has 0 aliphatic heterocycles. The number of hydrogen-bond acceptors (Lipinski definition) is 3. The van der Waals surface area contributed by atoms with E-state index in [9.17, 15) is 0 Å². The zero-order valence-electron chi connectivity index (χ0n) is 11.3. The van der Waals surface area contributed by atoms with E-state index < -0.39 is 0 Å². The third-order valence-corrected chi connectivity index (χ3v) is 3.80. The fourth-order valence-electron chi connectivity index (χ4n) is 2.42. The number of aromatic nitrogens is 2. The van der Waals surface area contributed by atoms with Crippen LogP contribution in [0.4, 0.5) is 5.95 Å². The second-order valence-corrected chi connectivity index (χ2v) is 5.54. The number of nitrogens with one attached hydrogen (secondary N) is 1. The molecular weight excluding hydrogens is 234 g/mol. The van der Waals surface area contributed by atoms with Crippen molar-refractivity contribution in [2.24, 2.45) is 5.41 Å². The lowest BCUT2D eigenvalue weighted by Gasteiger charge is -2.16. The Morgan fingerprint density at radius 1 is 1.16 bits per heavy atom. The summed E-state index contributed by atoms with van der Waals surface area (Å²) < 4.78 is 0. The van der Waals surface area contributed by atoms with Gasteiger partial charge in [0.05, 0.1) is 0 Å². The van der Waals surface area contributed by atoms with Gasteiger partial charge in [-0.25, -0.2) is 9.97 Å². The molecule has 98 valence electrons. The summed E-state index contributed by atoms with van der Waals surface area (Å²) in [4.78, 5) is 8.64. The van der Waals surface area contributed by atoms with E-state index in [1.54, 1.807) is 6.20 Å². The van der Waals surface area contributed by atoms with Crippen molar-refractivity contribution >= 4 is 5.95 Å². The standard InChI is InChI=1S/C16H19N3/c1-13-7-10-17-15(19-13)18-12-16(8-9-16)11-14-5-3-2-4-6-14/h2-7,10H,8-9,11-12H2,1H3,(H,17,18,19). The highest BCUT2D eigenvalue weighted by Crippen LogP contribution is 2.48. The van der Waals surface area contributed by atoms with Gasteiger partial charge in [-0.2, -0.15) is 0 Å². The van der Waals surface area contributed by atoms with Crippen LogP contribution in [0.25, 0.3) is 0 Å². The molecule has 0 spiro atoms. The molecule has 1 aliphatic carbocycles. The first-order valence-electron chi connectivity index (χ1n) is 6.83. The number of hydrogen-bond donors (Lipinski definition) is 1. The SMILES string of the molecule is Cc1ccnc(NCC2(Cc3ccccc3)CC2)n1. The lowest BCUT2D eigenvalue weighted by Crippen LogP contribution is -2.19. The molecule has 0 saturated heterocycles. The molecule has 1 fully saturated rings. The number of benzene rings is 1. The first-order valence-corrected chi connectivity index (χ1v) is 6.83. The summed E-state index contributed by atoms with van der Waals surface area (Å²) >= 11 is 0. The molecule has 0 unspecified atom stereocenters. The first kappa shape index (κ1) is 12.2. The molecule has 1 N–H and O–H groups in total. The Morgan fingerprint density at radius 2 is 1.95 bits per heavy atom. The lowest BCUT2D eigenvalue weighted by atomic mass is 9.96. The third kappa shape index (κ3) is 3.11. The van der Waals surface area contributed by atoms with Gasteiger partial charge in [0.25, 0.3) is 0 Å². The summed E-state index contributed by atoms with van der Waals surface area (Å²) in [5, 5.41) is 3.39. The fourth-order valence-corrected chi connectivity index (χ4v) is 2.42. The lowest BCUT2D eigenvalue weighted by molar-refractivity contribution is 0.536. The van der Waals surface area contributed by atoms with Gasteiger partial charge in [0.15, 0.2) is 0 Å². The number of aryl methyl sites for hydroxylation is 1. The number of nitrogens with zero attached hydrogens (tertiary/aromatic N) is 2.